The van der Waals surface area contributed by atoms with Gasteiger partial charge in [-0.15, -0.1) is 0 Å². The van der Waals surface area contributed by atoms with Crippen LogP contribution in [0, 0.1) is 38.4 Å². The van der Waals surface area contributed by atoms with Crippen LogP contribution in [0.1, 0.15) is 113 Å². The van der Waals surface area contributed by atoms with Crippen LogP contribution in [0.2, 0.25) is 0 Å². The average molecular weight is 722 g/mol. The van der Waals surface area contributed by atoms with Gasteiger partial charge >= 0.3 is 0 Å². The van der Waals surface area contributed by atoms with Gasteiger partial charge < -0.3 is 10.5 Å². The van der Waals surface area contributed by atoms with E-state index in [1.54, 1.807) is 0 Å². The summed E-state index contributed by atoms with van der Waals surface area (Å²) in [6.07, 6.45) is 9.29. The van der Waals surface area contributed by atoms with E-state index in [1.807, 2.05) is 0 Å². The fraction of sp³-hybridized carbons (Fsp3) is 0.900. The first-order chi connectivity index (χ1) is 16.3. The number of halogens is 2. The van der Waals surface area contributed by atoms with Crippen molar-refractivity contribution in [1.82, 2.24) is 0 Å². The Kier molecular flexibility index (Phi) is 5.89. The summed E-state index contributed by atoms with van der Waals surface area (Å²) in [5.74, 6) is 0.711. The number of alkyl halides is 2. The molecule has 36 heavy (non-hydrogen) atoms. The third-order valence-electron chi connectivity index (χ3n) is 13.6. The first-order valence-electron chi connectivity index (χ1n) is 14.0. The molecular weight excluding hydrogens is 676 g/mol. The van der Waals surface area contributed by atoms with Crippen LogP contribution in [-0.4, -0.2) is 30.2 Å². The first kappa shape index (κ1) is 28.0. The van der Waals surface area contributed by atoms with Gasteiger partial charge in [-0.2, -0.15) is 0 Å². The van der Waals surface area contributed by atoms with Crippen LogP contribution in [0.5, 0.6) is 0 Å². The second-order valence-electron chi connectivity index (χ2n) is 15.4. The molecule has 0 aliphatic heterocycles. The molecule has 0 bridgehead atoms. The normalized spacial score (nSPS) is 55.6. The molecule has 5 aliphatic rings. The van der Waals surface area contributed by atoms with E-state index < -0.39 is 25.2 Å². The predicted molar refractivity (Wildman–Crippen MR) is 160 cm³/mol. The first-order valence-corrected chi connectivity index (χ1v) is 16.1. The third-order valence-corrected chi connectivity index (χ3v) is 19.1. The summed E-state index contributed by atoms with van der Waals surface area (Å²) in [6, 6.07) is 0. The summed E-state index contributed by atoms with van der Waals surface area (Å²) in [5, 5.41) is 0. The smallest absolute Gasteiger partial charge is 0.154 e. The van der Waals surface area contributed by atoms with Gasteiger partial charge in [0.15, 0.2) is 5.78 Å². The number of rotatable bonds is 1. The Bertz CT molecular complexity index is 1060. The van der Waals surface area contributed by atoms with Crippen molar-refractivity contribution in [2.24, 2.45) is 44.1 Å². The van der Waals surface area contributed by atoms with Crippen LogP contribution in [0.3, 0.4) is 0 Å². The van der Waals surface area contributed by atoms with E-state index in [1.165, 1.54) is 6.29 Å². The number of fused-ring (bicyclic) bond motifs is 7. The summed E-state index contributed by atoms with van der Waals surface area (Å²) in [5.41, 5.74) is 5.02. The highest BCUT2D eigenvalue weighted by molar-refractivity contribution is 14.1. The summed E-state index contributed by atoms with van der Waals surface area (Å²) < 4.78 is -0.778. The van der Waals surface area contributed by atoms with Gasteiger partial charge in [-0.3, -0.25) is 9.59 Å². The molecule has 0 saturated heterocycles. The Morgan fingerprint density at radius 2 is 1.39 bits per heavy atom. The number of nitrogens with two attached hydrogens (primary N) is 1. The molecule has 6 heteroatoms. The van der Waals surface area contributed by atoms with Crippen LogP contribution in [0.15, 0.2) is 0 Å². The molecule has 8 atom stereocenters. The van der Waals surface area contributed by atoms with Gasteiger partial charge in [0.05, 0.1) is 8.96 Å². The van der Waals surface area contributed by atoms with Crippen LogP contribution >= 0.6 is 45.2 Å². The van der Waals surface area contributed by atoms with Crippen LogP contribution in [0.4, 0.5) is 0 Å². The lowest BCUT2D eigenvalue weighted by molar-refractivity contribution is -0.221. The minimum Gasteiger partial charge on any atom is -0.317 e. The third kappa shape index (κ3) is 2.74. The molecule has 5 saturated carbocycles. The second kappa shape index (κ2) is 7.58. The maximum atomic E-state index is 14.7. The van der Waals surface area contributed by atoms with Crippen LogP contribution in [-0.2, 0) is 14.4 Å². The van der Waals surface area contributed by atoms with Crippen LogP contribution in [0.25, 0.3) is 0 Å². The molecule has 5 aliphatic carbocycles. The fourth-order valence-corrected chi connectivity index (χ4v) is 14.6. The molecule has 0 heterocycles. The van der Waals surface area contributed by atoms with E-state index in [9.17, 15) is 14.4 Å². The summed E-state index contributed by atoms with van der Waals surface area (Å²) >= 11 is 5.16. The minimum absolute atomic E-state index is 0.0417. The summed E-state index contributed by atoms with van der Waals surface area (Å²) in [6.45, 7) is 16.0. The molecule has 0 aromatic rings. The number of hydrogen-bond acceptors (Lipinski definition) is 4. The largest absolute Gasteiger partial charge is 0.317 e. The number of carbonyl (C=O) groups excluding carboxylic acids is 3. The Morgan fingerprint density at radius 1 is 0.778 bits per heavy atom. The van der Waals surface area contributed by atoms with Crippen molar-refractivity contribution in [2.45, 2.75) is 125 Å². The van der Waals surface area contributed by atoms with Gasteiger partial charge in [0.2, 0.25) is 0 Å². The molecule has 6 unspecified atom stereocenters. The van der Waals surface area contributed by atoms with E-state index in [4.69, 9.17) is 5.73 Å². The number of carbonyl (C=O) groups is 3. The minimum atomic E-state index is -1.05. The van der Waals surface area contributed by atoms with E-state index in [-0.39, 0.29) is 31.4 Å². The molecule has 0 aromatic carbocycles. The molecule has 0 amide bonds. The summed E-state index contributed by atoms with van der Waals surface area (Å²) in [4.78, 5) is 40.8. The number of Topliss-reactive ketones (excluding diaryl/α,β-unsaturated/α-hetero) is 2. The van der Waals surface area contributed by atoms with Gasteiger partial charge in [-0.1, -0.05) is 93.6 Å². The van der Waals surface area contributed by atoms with Gasteiger partial charge in [0.25, 0.3) is 0 Å². The molecule has 0 aromatic heterocycles. The van der Waals surface area contributed by atoms with E-state index >= 15 is 0 Å². The molecule has 5 rings (SSSR count). The van der Waals surface area contributed by atoms with Crippen molar-refractivity contribution in [2.75, 3.05) is 0 Å². The van der Waals surface area contributed by atoms with Crippen molar-refractivity contribution in [1.29, 1.82) is 0 Å². The zero-order chi connectivity index (χ0) is 27.0. The van der Waals surface area contributed by atoms with Crippen molar-refractivity contribution >= 4 is 63.0 Å². The van der Waals surface area contributed by atoms with Gasteiger partial charge in [0, 0.05) is 27.1 Å². The Labute approximate surface area is 245 Å². The number of hydrogen-bond donors (Lipinski definition) is 1. The van der Waals surface area contributed by atoms with Gasteiger partial charge in [-0.25, -0.2) is 0 Å². The van der Waals surface area contributed by atoms with Crippen molar-refractivity contribution < 1.29 is 14.4 Å². The molecule has 0 radical (unpaired) electrons. The SMILES string of the molecule is CC1(C)CCC2(C=O)CC[C@@]3(C)C4(C)CC[C@@]5(I)C(C)(C)C(=O)CCC5(C)C4CC(=O)C3(N)C2(I)C1. The molecule has 4 nitrogen and oxygen atoms in total. The quantitative estimate of drug-likeness (QED) is 0.180. The molecule has 202 valence electrons. The lowest BCUT2D eigenvalue weighted by Gasteiger charge is -2.78. The maximum absolute atomic E-state index is 14.7. The molecule has 0 spiro atoms. The fourth-order valence-electron chi connectivity index (χ4n) is 10.8. The average Bonchev–Trinajstić information content (AvgIpc) is 2.79. The van der Waals surface area contributed by atoms with E-state index in [0.717, 1.165) is 51.4 Å². The molecule has 5 fully saturated rings. The molecule has 2 N–H and O–H groups in total. The lowest BCUT2D eigenvalue weighted by atomic mass is 9.29. The maximum Gasteiger partial charge on any atom is 0.154 e. The number of ketones is 2. The standard InChI is InChI=1S/C30H45I2NO3/c1-22(2)10-13-27(18-34)14-12-26(7)24(5)11-15-28(31)23(3,4)20(35)8-9-25(28,6)19(24)16-21(36)30(26,33)29(27,32)17-22/h18-19H,8-17,33H2,1-7H3/t19?,24?,25?,26-,27?,28+,29?,30?/m0/s1. The van der Waals surface area contributed by atoms with E-state index in [2.05, 4.69) is 93.6 Å². The topological polar surface area (TPSA) is 77.2 Å². The summed E-state index contributed by atoms with van der Waals surface area (Å²) in [7, 11) is 0. The Balaban J connectivity index is 1.70. The number of aldehydes is 1. The zero-order valence-corrected chi connectivity index (χ0v) is 27.6. The Hall–Kier alpha value is 0.430. The van der Waals surface area contributed by atoms with Gasteiger partial charge in [0.1, 0.15) is 12.1 Å². The van der Waals surface area contributed by atoms with Crippen molar-refractivity contribution in [3.63, 3.8) is 0 Å². The predicted octanol–water partition coefficient (Wildman–Crippen LogP) is 7.01. The highest BCUT2D eigenvalue weighted by Crippen LogP contribution is 2.80. The monoisotopic (exact) mass is 721 g/mol. The van der Waals surface area contributed by atoms with Crippen molar-refractivity contribution in [3.05, 3.63) is 0 Å². The lowest BCUT2D eigenvalue weighted by Crippen LogP contribution is -2.86. The highest BCUT2D eigenvalue weighted by atomic mass is 127. The van der Waals surface area contributed by atoms with Crippen LogP contribution < -0.4 is 5.73 Å². The van der Waals surface area contributed by atoms with Crippen molar-refractivity contribution in [3.8, 4) is 0 Å². The Morgan fingerprint density at radius 3 is 2.00 bits per heavy atom. The second-order valence-corrected chi connectivity index (χ2v) is 19.1. The molecular formula is C30H45I2NO3. The van der Waals surface area contributed by atoms with E-state index in [0.29, 0.717) is 18.6 Å². The highest BCUT2D eigenvalue weighted by Gasteiger charge is 2.82. The van der Waals surface area contributed by atoms with Gasteiger partial charge in [-0.05, 0) is 78.9 Å². The zero-order valence-electron chi connectivity index (χ0n) is 23.3.